The van der Waals surface area contributed by atoms with Crippen LogP contribution < -0.4 is 10.6 Å². The summed E-state index contributed by atoms with van der Waals surface area (Å²) >= 11 is 0. The van der Waals surface area contributed by atoms with Crippen LogP contribution in [0, 0.1) is 0 Å². The highest BCUT2D eigenvalue weighted by Crippen LogP contribution is 2.24. The number of carbonyl (C=O) groups excluding carboxylic acids is 2. The number of carbonyl (C=O) groups is 2. The summed E-state index contributed by atoms with van der Waals surface area (Å²) in [5.41, 5.74) is 4.06. The minimum Gasteiger partial charge on any atom is -0.348 e. The molecule has 2 rings (SSSR count). The molecule has 2 N–H and O–H groups in total. The van der Waals surface area contributed by atoms with Crippen molar-refractivity contribution in [3.63, 3.8) is 0 Å². The Balaban J connectivity index is 1.77. The van der Waals surface area contributed by atoms with Crippen molar-refractivity contribution in [3.05, 3.63) is 34.9 Å². The number of nitrogens with zero attached hydrogens (tertiary/aromatic N) is 2. The van der Waals surface area contributed by atoms with E-state index in [0.29, 0.717) is 19.6 Å². The van der Waals surface area contributed by atoms with Crippen LogP contribution in [0.2, 0.25) is 0 Å². The Kier molecular flexibility index (Phi) is 7.45. The minimum atomic E-state index is -0.121. The van der Waals surface area contributed by atoms with E-state index in [-0.39, 0.29) is 18.0 Å². The van der Waals surface area contributed by atoms with Crippen molar-refractivity contribution in [3.8, 4) is 0 Å². The van der Waals surface area contributed by atoms with Crippen LogP contribution in [0.25, 0.3) is 0 Å². The van der Waals surface area contributed by atoms with E-state index in [4.69, 9.17) is 0 Å². The zero-order valence-electron chi connectivity index (χ0n) is 16.5. The van der Waals surface area contributed by atoms with Gasteiger partial charge in [0.1, 0.15) is 0 Å². The molecule has 6 heteroatoms. The number of likely N-dealkylation sites (N-methyl/N-ethyl adjacent to an activating group) is 1. The molecule has 144 valence electrons. The normalized spacial score (nSPS) is 14.5. The summed E-state index contributed by atoms with van der Waals surface area (Å²) in [4.78, 5) is 27.2. The van der Waals surface area contributed by atoms with Gasteiger partial charge in [-0.1, -0.05) is 18.2 Å². The van der Waals surface area contributed by atoms with Gasteiger partial charge in [0.2, 0.25) is 5.91 Å². The standard InChI is InChI=1S/C20H32N4O2/c1-15(17-10-9-16-7-5-6-8-18(16)13-17)22-19(25)14-24(4)12-11-21-20(26)23(2)3/h9-10,13,15H,5-8,11-12,14H2,1-4H3,(H,21,26)(H,22,25)/t15-/m0/s1. The Morgan fingerprint density at radius 1 is 1.12 bits per heavy atom. The molecular weight excluding hydrogens is 328 g/mol. The SMILES string of the molecule is C[C@H](NC(=O)CN(C)CCNC(=O)N(C)C)c1ccc2c(c1)CCCC2. The van der Waals surface area contributed by atoms with Gasteiger partial charge in [0, 0.05) is 27.2 Å². The Bertz CT molecular complexity index is 630. The number of rotatable bonds is 7. The molecule has 6 nitrogen and oxygen atoms in total. The Morgan fingerprint density at radius 3 is 2.50 bits per heavy atom. The van der Waals surface area contributed by atoms with E-state index in [2.05, 4.69) is 28.8 Å². The molecule has 0 fully saturated rings. The summed E-state index contributed by atoms with van der Waals surface area (Å²) in [6.07, 6.45) is 4.85. The van der Waals surface area contributed by atoms with E-state index < -0.39 is 0 Å². The maximum absolute atomic E-state index is 12.3. The lowest BCUT2D eigenvalue weighted by atomic mass is 9.89. The summed E-state index contributed by atoms with van der Waals surface area (Å²) in [5.74, 6) is -0.00310. The van der Waals surface area contributed by atoms with E-state index in [1.807, 2.05) is 18.9 Å². The second-order valence-corrected chi connectivity index (χ2v) is 7.39. The summed E-state index contributed by atoms with van der Waals surface area (Å²) in [6.45, 7) is 3.48. The average molecular weight is 361 g/mol. The van der Waals surface area contributed by atoms with Crippen molar-refractivity contribution < 1.29 is 9.59 Å². The number of aryl methyl sites for hydroxylation is 2. The van der Waals surface area contributed by atoms with Gasteiger partial charge < -0.3 is 15.5 Å². The maximum Gasteiger partial charge on any atom is 0.316 e. The number of nitrogens with one attached hydrogen (secondary N) is 2. The first kappa shape index (κ1) is 20.2. The molecule has 1 aromatic carbocycles. The quantitative estimate of drug-likeness (QED) is 0.781. The van der Waals surface area contributed by atoms with Gasteiger partial charge >= 0.3 is 6.03 Å². The number of urea groups is 1. The van der Waals surface area contributed by atoms with Crippen LogP contribution in [0.15, 0.2) is 18.2 Å². The van der Waals surface area contributed by atoms with E-state index >= 15 is 0 Å². The van der Waals surface area contributed by atoms with Gasteiger partial charge in [0.25, 0.3) is 0 Å². The van der Waals surface area contributed by atoms with Gasteiger partial charge in [-0.05, 0) is 56.3 Å². The second kappa shape index (κ2) is 9.57. The summed E-state index contributed by atoms with van der Waals surface area (Å²) in [5, 5.41) is 5.87. The van der Waals surface area contributed by atoms with Crippen molar-refractivity contribution in [2.75, 3.05) is 40.8 Å². The van der Waals surface area contributed by atoms with Gasteiger partial charge in [0.05, 0.1) is 12.6 Å². The molecule has 26 heavy (non-hydrogen) atoms. The molecule has 0 aromatic heterocycles. The minimum absolute atomic E-state index is 0.00310. The molecule has 0 heterocycles. The highest BCUT2D eigenvalue weighted by atomic mass is 16.2. The molecule has 0 saturated heterocycles. The molecule has 3 amide bonds. The fraction of sp³-hybridized carbons (Fsp3) is 0.600. The Labute approximate surface area is 156 Å². The van der Waals surface area contributed by atoms with E-state index in [1.165, 1.54) is 40.9 Å². The van der Waals surface area contributed by atoms with Crippen LogP contribution in [-0.4, -0.2) is 62.5 Å². The average Bonchev–Trinajstić information content (AvgIpc) is 2.60. The number of hydrogen-bond acceptors (Lipinski definition) is 3. The molecule has 1 atom stereocenters. The molecule has 1 aromatic rings. The fourth-order valence-corrected chi connectivity index (χ4v) is 3.23. The largest absolute Gasteiger partial charge is 0.348 e. The first-order valence-electron chi connectivity index (χ1n) is 9.41. The van der Waals surface area contributed by atoms with Crippen LogP contribution >= 0.6 is 0 Å². The number of hydrogen-bond donors (Lipinski definition) is 2. The number of fused-ring (bicyclic) bond motifs is 1. The van der Waals surface area contributed by atoms with E-state index in [0.717, 1.165) is 6.42 Å². The lowest BCUT2D eigenvalue weighted by Gasteiger charge is -2.22. The zero-order chi connectivity index (χ0) is 19.1. The molecule has 0 spiro atoms. The lowest BCUT2D eigenvalue weighted by Crippen LogP contribution is -2.42. The summed E-state index contributed by atoms with van der Waals surface area (Å²) in [7, 11) is 5.29. The van der Waals surface area contributed by atoms with E-state index in [9.17, 15) is 9.59 Å². The van der Waals surface area contributed by atoms with Crippen molar-refractivity contribution in [1.29, 1.82) is 0 Å². The Morgan fingerprint density at radius 2 is 1.81 bits per heavy atom. The Hall–Kier alpha value is -2.08. The monoisotopic (exact) mass is 360 g/mol. The van der Waals surface area contributed by atoms with Crippen LogP contribution in [0.4, 0.5) is 4.79 Å². The van der Waals surface area contributed by atoms with Crippen molar-refractivity contribution in [2.24, 2.45) is 0 Å². The van der Waals surface area contributed by atoms with Crippen LogP contribution in [0.5, 0.6) is 0 Å². The third-order valence-corrected chi connectivity index (χ3v) is 4.84. The molecule has 1 aliphatic carbocycles. The van der Waals surface area contributed by atoms with Gasteiger partial charge in [-0.3, -0.25) is 9.69 Å². The predicted molar refractivity (Wildman–Crippen MR) is 104 cm³/mol. The smallest absolute Gasteiger partial charge is 0.316 e. The highest BCUT2D eigenvalue weighted by Gasteiger charge is 2.15. The highest BCUT2D eigenvalue weighted by molar-refractivity contribution is 5.78. The molecule has 0 saturated carbocycles. The summed E-state index contributed by atoms with van der Waals surface area (Å²) in [6, 6.07) is 6.47. The van der Waals surface area contributed by atoms with Crippen LogP contribution in [0.3, 0.4) is 0 Å². The summed E-state index contributed by atoms with van der Waals surface area (Å²) < 4.78 is 0. The fourth-order valence-electron chi connectivity index (χ4n) is 3.23. The topological polar surface area (TPSA) is 64.7 Å². The first-order valence-corrected chi connectivity index (χ1v) is 9.41. The van der Waals surface area contributed by atoms with Gasteiger partial charge in [-0.2, -0.15) is 0 Å². The second-order valence-electron chi connectivity index (χ2n) is 7.39. The first-order chi connectivity index (χ1) is 12.4. The van der Waals surface area contributed by atoms with Crippen molar-refractivity contribution in [2.45, 2.75) is 38.6 Å². The predicted octanol–water partition coefficient (Wildman–Crippen LogP) is 1.95. The third kappa shape index (κ3) is 6.02. The van der Waals surface area contributed by atoms with E-state index in [1.54, 1.807) is 14.1 Å². The lowest BCUT2D eigenvalue weighted by molar-refractivity contribution is -0.122. The number of benzene rings is 1. The van der Waals surface area contributed by atoms with Gasteiger partial charge in [0.15, 0.2) is 0 Å². The van der Waals surface area contributed by atoms with Gasteiger partial charge in [-0.15, -0.1) is 0 Å². The third-order valence-electron chi connectivity index (χ3n) is 4.84. The van der Waals surface area contributed by atoms with Gasteiger partial charge in [-0.25, -0.2) is 4.79 Å². The molecular formula is C20H32N4O2. The van der Waals surface area contributed by atoms with Crippen LogP contribution in [0.1, 0.15) is 42.5 Å². The zero-order valence-corrected chi connectivity index (χ0v) is 16.5. The van der Waals surface area contributed by atoms with Crippen LogP contribution in [-0.2, 0) is 17.6 Å². The maximum atomic E-state index is 12.3. The molecule has 0 aliphatic heterocycles. The molecule has 0 bridgehead atoms. The molecule has 1 aliphatic rings. The molecule has 0 radical (unpaired) electrons. The number of amides is 3. The molecule has 0 unspecified atom stereocenters. The van der Waals surface area contributed by atoms with Crippen molar-refractivity contribution >= 4 is 11.9 Å². The van der Waals surface area contributed by atoms with Crippen molar-refractivity contribution in [1.82, 2.24) is 20.4 Å².